The van der Waals surface area contributed by atoms with Crippen molar-refractivity contribution in [3.05, 3.63) is 23.8 Å². The van der Waals surface area contributed by atoms with Crippen LogP contribution in [0, 0.1) is 0 Å². The molecule has 0 unspecified atom stereocenters. The summed E-state index contributed by atoms with van der Waals surface area (Å²) >= 11 is 0. The summed E-state index contributed by atoms with van der Waals surface area (Å²) in [5.74, 6) is 0.467. The summed E-state index contributed by atoms with van der Waals surface area (Å²) in [5, 5.41) is 19.5. The maximum atomic E-state index is 10.1. The van der Waals surface area contributed by atoms with Gasteiger partial charge in [0, 0.05) is 12.6 Å². The monoisotopic (exact) mass is 239 g/mol. The van der Waals surface area contributed by atoms with E-state index < -0.39 is 6.10 Å². The van der Waals surface area contributed by atoms with E-state index in [0.717, 1.165) is 5.56 Å². The molecule has 0 amide bonds. The summed E-state index contributed by atoms with van der Waals surface area (Å²) in [6.07, 6.45) is -0.586. The molecule has 17 heavy (non-hydrogen) atoms. The van der Waals surface area contributed by atoms with E-state index in [1.165, 1.54) is 13.2 Å². The highest BCUT2D eigenvalue weighted by atomic mass is 16.5. The molecule has 0 aliphatic carbocycles. The molecule has 4 nitrogen and oxygen atoms in total. The Morgan fingerprint density at radius 3 is 2.53 bits per heavy atom. The zero-order valence-electron chi connectivity index (χ0n) is 10.8. The first-order valence-corrected chi connectivity index (χ1v) is 5.71. The van der Waals surface area contributed by atoms with E-state index in [4.69, 9.17) is 4.74 Å². The zero-order valence-corrected chi connectivity index (χ0v) is 10.8. The lowest BCUT2D eigenvalue weighted by atomic mass is 10.1. The van der Waals surface area contributed by atoms with Crippen molar-refractivity contribution < 1.29 is 14.9 Å². The molecule has 1 rings (SSSR count). The highest BCUT2D eigenvalue weighted by Gasteiger charge is 2.14. The Morgan fingerprint density at radius 1 is 1.35 bits per heavy atom. The molecule has 0 saturated carbocycles. The van der Waals surface area contributed by atoms with Crippen LogP contribution >= 0.6 is 0 Å². The number of hydrogen-bond donors (Lipinski definition) is 2. The highest BCUT2D eigenvalue weighted by molar-refractivity contribution is 5.42. The Morgan fingerprint density at radius 2 is 2.00 bits per heavy atom. The summed E-state index contributed by atoms with van der Waals surface area (Å²) in [6, 6.07) is 5.28. The molecular weight excluding hydrogens is 218 g/mol. The van der Waals surface area contributed by atoms with Gasteiger partial charge in [0.05, 0.1) is 13.2 Å². The molecule has 1 atom stereocenters. The van der Waals surface area contributed by atoms with E-state index in [9.17, 15) is 10.2 Å². The Hall–Kier alpha value is -1.26. The van der Waals surface area contributed by atoms with E-state index in [1.54, 1.807) is 12.1 Å². The maximum absolute atomic E-state index is 10.1. The van der Waals surface area contributed by atoms with Gasteiger partial charge in [0.15, 0.2) is 11.5 Å². The number of ether oxygens (including phenoxy) is 1. The number of phenolic OH excluding ortho intramolecular Hbond substituents is 1. The lowest BCUT2D eigenvalue weighted by molar-refractivity contribution is 0.112. The largest absolute Gasteiger partial charge is 0.504 e. The van der Waals surface area contributed by atoms with Crippen molar-refractivity contribution in [2.24, 2.45) is 0 Å². The van der Waals surface area contributed by atoms with Gasteiger partial charge in [-0.15, -0.1) is 0 Å². The first-order chi connectivity index (χ1) is 7.95. The highest BCUT2D eigenvalue weighted by Crippen LogP contribution is 2.29. The third kappa shape index (κ3) is 3.61. The van der Waals surface area contributed by atoms with Crippen LogP contribution in [0.4, 0.5) is 0 Å². The minimum atomic E-state index is -0.586. The molecule has 0 aliphatic rings. The third-order valence-electron chi connectivity index (χ3n) is 2.93. The quantitative estimate of drug-likeness (QED) is 0.822. The molecule has 0 fully saturated rings. The van der Waals surface area contributed by atoms with Crippen molar-refractivity contribution in [1.29, 1.82) is 0 Å². The predicted molar refractivity (Wildman–Crippen MR) is 67.4 cm³/mol. The van der Waals surface area contributed by atoms with Crippen molar-refractivity contribution in [2.75, 3.05) is 20.7 Å². The standard InChI is InChI=1S/C13H21NO3/c1-9(2)14(3)8-12(16)10-5-6-11(15)13(7-10)17-4/h5-7,9,12,15-16H,8H2,1-4H3/t12-/m0/s1. The Labute approximate surface area is 102 Å². The molecule has 2 N–H and O–H groups in total. The number of rotatable bonds is 5. The Bertz CT molecular complexity index is 366. The molecule has 96 valence electrons. The minimum Gasteiger partial charge on any atom is -0.504 e. The van der Waals surface area contributed by atoms with Gasteiger partial charge < -0.3 is 19.8 Å². The molecule has 0 aromatic heterocycles. The molecule has 0 heterocycles. The van der Waals surface area contributed by atoms with Crippen LogP contribution in [0.5, 0.6) is 11.5 Å². The number of nitrogens with zero attached hydrogens (tertiary/aromatic N) is 1. The molecule has 1 aromatic carbocycles. The summed E-state index contributed by atoms with van der Waals surface area (Å²) in [6.45, 7) is 4.69. The van der Waals surface area contributed by atoms with Crippen molar-refractivity contribution >= 4 is 0 Å². The molecular formula is C13H21NO3. The molecule has 0 aliphatic heterocycles. The van der Waals surface area contributed by atoms with Gasteiger partial charge in [0.25, 0.3) is 0 Å². The molecule has 0 saturated heterocycles. The van der Waals surface area contributed by atoms with Crippen LogP contribution in [0.25, 0.3) is 0 Å². The summed E-state index contributed by atoms with van der Waals surface area (Å²) in [7, 11) is 3.46. The second kappa shape index (κ2) is 5.89. The predicted octanol–water partition coefficient (Wildman–Crippen LogP) is 1.77. The Balaban J connectivity index is 2.78. The van der Waals surface area contributed by atoms with Gasteiger partial charge in [0.2, 0.25) is 0 Å². The molecule has 4 heteroatoms. The number of hydrogen-bond acceptors (Lipinski definition) is 4. The fourth-order valence-electron chi connectivity index (χ4n) is 1.49. The van der Waals surface area contributed by atoms with Crippen LogP contribution in [0.3, 0.4) is 0 Å². The number of benzene rings is 1. The second-order valence-corrected chi connectivity index (χ2v) is 4.48. The maximum Gasteiger partial charge on any atom is 0.160 e. The van der Waals surface area contributed by atoms with Gasteiger partial charge in [-0.1, -0.05) is 6.07 Å². The minimum absolute atomic E-state index is 0.0839. The first kappa shape index (κ1) is 13.8. The molecule has 0 bridgehead atoms. The number of aliphatic hydroxyl groups excluding tert-OH is 1. The van der Waals surface area contributed by atoms with Gasteiger partial charge in [-0.25, -0.2) is 0 Å². The van der Waals surface area contributed by atoms with Crippen molar-refractivity contribution in [3.8, 4) is 11.5 Å². The fraction of sp³-hybridized carbons (Fsp3) is 0.538. The van der Waals surface area contributed by atoms with Crippen LogP contribution in [0.15, 0.2) is 18.2 Å². The van der Waals surface area contributed by atoms with Crippen LogP contribution in [0.1, 0.15) is 25.5 Å². The number of aromatic hydroxyl groups is 1. The second-order valence-electron chi connectivity index (χ2n) is 4.48. The number of phenols is 1. The zero-order chi connectivity index (χ0) is 13.0. The van der Waals surface area contributed by atoms with Crippen LogP contribution in [-0.4, -0.2) is 41.9 Å². The van der Waals surface area contributed by atoms with Gasteiger partial charge in [-0.2, -0.15) is 0 Å². The van der Waals surface area contributed by atoms with Gasteiger partial charge >= 0.3 is 0 Å². The van der Waals surface area contributed by atoms with Crippen molar-refractivity contribution in [2.45, 2.75) is 26.0 Å². The first-order valence-electron chi connectivity index (χ1n) is 5.71. The SMILES string of the molecule is COc1cc([C@@H](O)CN(C)C(C)C)ccc1O. The molecule has 0 spiro atoms. The normalized spacial score (nSPS) is 13.1. The van der Waals surface area contributed by atoms with Gasteiger partial charge in [0.1, 0.15) is 0 Å². The number of likely N-dealkylation sites (N-methyl/N-ethyl adjacent to an activating group) is 1. The third-order valence-corrected chi connectivity index (χ3v) is 2.93. The summed E-state index contributed by atoms with van der Waals surface area (Å²) in [4.78, 5) is 2.06. The average molecular weight is 239 g/mol. The van der Waals surface area contributed by atoms with Gasteiger partial charge in [-0.3, -0.25) is 0 Å². The fourth-order valence-corrected chi connectivity index (χ4v) is 1.49. The number of aliphatic hydroxyl groups is 1. The average Bonchev–Trinajstić information content (AvgIpc) is 2.29. The topological polar surface area (TPSA) is 52.9 Å². The smallest absolute Gasteiger partial charge is 0.160 e. The van der Waals surface area contributed by atoms with E-state index in [1.807, 2.05) is 7.05 Å². The van der Waals surface area contributed by atoms with E-state index >= 15 is 0 Å². The van der Waals surface area contributed by atoms with Crippen molar-refractivity contribution in [1.82, 2.24) is 4.90 Å². The van der Waals surface area contributed by atoms with Crippen molar-refractivity contribution in [3.63, 3.8) is 0 Å². The van der Waals surface area contributed by atoms with Crippen LogP contribution in [-0.2, 0) is 0 Å². The van der Waals surface area contributed by atoms with E-state index in [-0.39, 0.29) is 5.75 Å². The Kier molecular flexibility index (Phi) is 4.78. The van der Waals surface area contributed by atoms with Crippen LogP contribution in [0.2, 0.25) is 0 Å². The number of methoxy groups -OCH3 is 1. The van der Waals surface area contributed by atoms with E-state index in [0.29, 0.717) is 18.3 Å². The summed E-state index contributed by atoms with van der Waals surface area (Å²) in [5.41, 5.74) is 0.743. The molecule has 1 aromatic rings. The lowest BCUT2D eigenvalue weighted by Crippen LogP contribution is -2.30. The van der Waals surface area contributed by atoms with Gasteiger partial charge in [-0.05, 0) is 38.6 Å². The van der Waals surface area contributed by atoms with E-state index in [2.05, 4.69) is 18.7 Å². The summed E-state index contributed by atoms with van der Waals surface area (Å²) < 4.78 is 5.01. The lowest BCUT2D eigenvalue weighted by Gasteiger charge is -2.24. The molecule has 0 radical (unpaired) electrons. The van der Waals surface area contributed by atoms with Crippen LogP contribution < -0.4 is 4.74 Å².